The van der Waals surface area contributed by atoms with Gasteiger partial charge in [-0.05, 0) is 0 Å². The maximum absolute atomic E-state index is 10.9. The van der Waals surface area contributed by atoms with Crippen LogP contribution in [0.25, 0.3) is 0 Å². The van der Waals surface area contributed by atoms with Gasteiger partial charge in [0.1, 0.15) is 0 Å². The molecule has 12 heavy (non-hydrogen) atoms. The van der Waals surface area contributed by atoms with Crippen LogP contribution in [0.3, 0.4) is 0 Å². The van der Waals surface area contributed by atoms with E-state index in [-0.39, 0.29) is 18.9 Å². The third-order valence-electron chi connectivity index (χ3n) is 0.523. The van der Waals surface area contributed by atoms with Crippen molar-refractivity contribution in [1.29, 1.82) is 0 Å². The third kappa shape index (κ3) is 5.09. The molecule has 0 spiro atoms. The molecule has 10 heteroatoms. The molecular weight excluding hydrogens is 176 g/mol. The summed E-state index contributed by atoms with van der Waals surface area (Å²) in [6, 6.07) is 0. The van der Waals surface area contributed by atoms with Gasteiger partial charge in [0.15, 0.2) is 0 Å². The van der Waals surface area contributed by atoms with Crippen molar-refractivity contribution in [2.45, 2.75) is 0 Å². The van der Waals surface area contributed by atoms with Crippen molar-refractivity contribution in [3.05, 3.63) is 0 Å². The van der Waals surface area contributed by atoms with E-state index in [0.29, 0.717) is 0 Å². The molecule has 0 bridgehead atoms. The molecule has 0 aliphatic heterocycles. The minimum atomic E-state index is -2.60. The van der Waals surface area contributed by atoms with Crippen molar-refractivity contribution < 1.29 is 38.1 Å². The van der Waals surface area contributed by atoms with Crippen molar-refractivity contribution in [3.63, 3.8) is 0 Å². The number of hydrogen-bond donors (Lipinski definition) is 1. The Labute approximate surface area is 76.9 Å². The summed E-state index contributed by atoms with van der Waals surface area (Å²) in [5, 5.41) is 7.79. The molecule has 0 fully saturated rings. The van der Waals surface area contributed by atoms with Gasteiger partial charge in [-0.25, -0.2) is 9.59 Å². The largest absolute Gasteiger partial charge is 0.781 e. The SMILES string of the molecule is O=C(O)C(=O)OB(OF)OF.[Li]. The summed E-state index contributed by atoms with van der Waals surface area (Å²) < 4.78 is 25.3. The fourth-order valence-corrected chi connectivity index (χ4v) is 0.188. The molecule has 0 aliphatic rings. The van der Waals surface area contributed by atoms with Gasteiger partial charge in [-0.3, -0.25) is 0 Å². The molecule has 0 saturated heterocycles. The average Bonchev–Trinajstić information content (AvgIpc) is 1.99. The van der Waals surface area contributed by atoms with Gasteiger partial charge in [-0.15, -0.1) is 0 Å². The molecule has 0 atom stereocenters. The molecule has 0 aromatic heterocycles. The topological polar surface area (TPSA) is 82.1 Å². The van der Waals surface area contributed by atoms with E-state index in [1.165, 1.54) is 0 Å². The number of carboxylic acid groups (broad SMARTS) is 1. The van der Waals surface area contributed by atoms with E-state index in [1.54, 1.807) is 0 Å². The zero-order chi connectivity index (χ0) is 8.85. The summed E-state index contributed by atoms with van der Waals surface area (Å²) in [5.41, 5.74) is 0. The van der Waals surface area contributed by atoms with Crippen molar-refractivity contribution in [2.75, 3.05) is 0 Å². The average molecular weight is 177 g/mol. The normalized spacial score (nSPS) is 8.17. The Morgan fingerprint density at radius 2 is 1.67 bits per heavy atom. The quantitative estimate of drug-likeness (QED) is 0.440. The second-order valence-corrected chi connectivity index (χ2v) is 1.18. The fourth-order valence-electron chi connectivity index (χ4n) is 0.188. The van der Waals surface area contributed by atoms with E-state index in [1.807, 2.05) is 0 Å². The summed E-state index contributed by atoms with van der Waals surface area (Å²) in [6.07, 6.45) is 0. The van der Waals surface area contributed by atoms with Crippen LogP contribution < -0.4 is 0 Å². The summed E-state index contributed by atoms with van der Waals surface area (Å²) in [4.78, 5) is 24.6. The Bertz CT molecular complexity index is 162. The molecule has 0 heterocycles. The summed E-state index contributed by atoms with van der Waals surface area (Å²) in [5.74, 6) is -3.92. The monoisotopic (exact) mass is 177 g/mol. The maximum Gasteiger partial charge on any atom is 0.781 e. The first-order chi connectivity index (χ1) is 5.11. The Morgan fingerprint density at radius 3 is 1.92 bits per heavy atom. The molecule has 0 rings (SSSR count). The van der Waals surface area contributed by atoms with Crippen LogP contribution in [0.15, 0.2) is 0 Å². The number of carbonyl (C=O) groups excluding carboxylic acids is 1. The van der Waals surface area contributed by atoms with Gasteiger partial charge < -0.3 is 9.76 Å². The molecule has 6 nitrogen and oxygen atoms in total. The standard InChI is InChI=1S/C2HBF2O6.Li/c4-10-3(11-5)9-2(8)1(6)7;/h(H,6,7);. The summed E-state index contributed by atoms with van der Waals surface area (Å²) >= 11 is 0. The fraction of sp³-hybridized carbons (Fsp3) is 0. The molecule has 1 N–H and O–H groups in total. The Kier molecular flexibility index (Phi) is 8.19. The number of aliphatic carboxylic acids is 1. The molecule has 0 aromatic carbocycles. The zero-order valence-corrected chi connectivity index (χ0v) is 5.82. The first-order valence-corrected chi connectivity index (χ1v) is 2.10. The second kappa shape index (κ2) is 7.05. The number of hydrogen-bond acceptors (Lipinski definition) is 5. The van der Waals surface area contributed by atoms with Crippen LogP contribution in [-0.2, 0) is 24.0 Å². The Morgan fingerprint density at radius 1 is 1.25 bits per heavy atom. The van der Waals surface area contributed by atoms with Crippen molar-refractivity contribution in [3.8, 4) is 0 Å². The van der Waals surface area contributed by atoms with Gasteiger partial charge in [-0.1, -0.05) is 9.05 Å². The van der Waals surface area contributed by atoms with E-state index in [2.05, 4.69) is 14.4 Å². The minimum absolute atomic E-state index is 0. The van der Waals surface area contributed by atoms with Crippen LogP contribution in [0, 0.1) is 0 Å². The van der Waals surface area contributed by atoms with Gasteiger partial charge in [0.05, 0.1) is 0 Å². The second-order valence-electron chi connectivity index (χ2n) is 1.18. The number of rotatable bonds is 3. The number of carboxylic acids is 1. The maximum atomic E-state index is 10.9. The van der Waals surface area contributed by atoms with E-state index < -0.39 is 19.3 Å². The molecule has 0 aliphatic carbocycles. The summed E-state index contributed by atoms with van der Waals surface area (Å²) in [6.45, 7) is 0. The molecule has 63 valence electrons. The van der Waals surface area contributed by atoms with Crippen LogP contribution in [0.5, 0.6) is 0 Å². The van der Waals surface area contributed by atoms with E-state index in [4.69, 9.17) is 5.11 Å². The predicted molar refractivity (Wildman–Crippen MR) is 29.6 cm³/mol. The first kappa shape index (κ1) is 13.9. The molecule has 1 radical (unpaired) electrons. The van der Waals surface area contributed by atoms with Crippen LogP contribution in [-0.4, -0.2) is 43.2 Å². The zero-order valence-electron chi connectivity index (χ0n) is 5.82. The molecule has 0 aromatic rings. The van der Waals surface area contributed by atoms with Gasteiger partial charge in [0.2, 0.25) is 0 Å². The smallest absolute Gasteiger partial charge is 0.473 e. The molecule has 0 amide bonds. The van der Waals surface area contributed by atoms with E-state index in [0.717, 1.165) is 0 Å². The molecule has 0 saturated carbocycles. The van der Waals surface area contributed by atoms with Gasteiger partial charge in [-0.2, -0.15) is 9.72 Å². The third-order valence-corrected chi connectivity index (χ3v) is 0.523. The van der Waals surface area contributed by atoms with Crippen molar-refractivity contribution >= 4 is 38.1 Å². The van der Waals surface area contributed by atoms with Crippen LogP contribution in [0.2, 0.25) is 0 Å². The van der Waals surface area contributed by atoms with Gasteiger partial charge >= 0.3 is 19.3 Å². The van der Waals surface area contributed by atoms with E-state index in [9.17, 15) is 18.6 Å². The summed E-state index contributed by atoms with van der Waals surface area (Å²) in [7, 11) is -2.60. The van der Waals surface area contributed by atoms with E-state index >= 15 is 0 Å². The molecule has 0 unspecified atom stereocenters. The van der Waals surface area contributed by atoms with Gasteiger partial charge in [0.25, 0.3) is 0 Å². The van der Waals surface area contributed by atoms with Crippen molar-refractivity contribution in [1.82, 2.24) is 0 Å². The predicted octanol–water partition coefficient (Wildman–Crippen LogP) is -0.979. The van der Waals surface area contributed by atoms with Crippen molar-refractivity contribution in [2.24, 2.45) is 0 Å². The van der Waals surface area contributed by atoms with Crippen LogP contribution in [0.1, 0.15) is 0 Å². The Balaban J connectivity index is 0. The van der Waals surface area contributed by atoms with Crippen LogP contribution >= 0.6 is 0 Å². The number of carbonyl (C=O) groups is 2. The van der Waals surface area contributed by atoms with Gasteiger partial charge in [0, 0.05) is 18.9 Å². The minimum Gasteiger partial charge on any atom is -0.473 e. The Hall–Kier alpha value is -0.618. The van der Waals surface area contributed by atoms with Crippen LogP contribution in [0.4, 0.5) is 9.05 Å². The first-order valence-electron chi connectivity index (χ1n) is 2.10. The molecular formula is C2HBF2LiO6. The number of halogens is 2.